The molecule has 0 spiro atoms. The Labute approximate surface area is 116 Å². The monoisotopic (exact) mass is 314 g/mol. The predicted octanol–water partition coefficient (Wildman–Crippen LogP) is 2.19. The minimum atomic E-state index is -0.0859. The van der Waals surface area contributed by atoms with Gasteiger partial charge in [0.25, 0.3) is 5.91 Å². The third-order valence-electron chi connectivity index (χ3n) is 2.48. The van der Waals surface area contributed by atoms with Gasteiger partial charge in [-0.1, -0.05) is 6.92 Å². The summed E-state index contributed by atoms with van der Waals surface area (Å²) in [6.07, 6.45) is 0.918. The number of hydrogen-bond donors (Lipinski definition) is 2. The van der Waals surface area contributed by atoms with Crippen molar-refractivity contribution in [2.75, 3.05) is 26.7 Å². The van der Waals surface area contributed by atoms with Crippen LogP contribution in [0.15, 0.2) is 22.7 Å². The van der Waals surface area contributed by atoms with Gasteiger partial charge in [0.15, 0.2) is 0 Å². The van der Waals surface area contributed by atoms with Crippen molar-refractivity contribution in [3.8, 4) is 5.75 Å². The fourth-order valence-electron chi connectivity index (χ4n) is 1.49. The largest absolute Gasteiger partial charge is 0.497 e. The predicted molar refractivity (Wildman–Crippen MR) is 76.2 cm³/mol. The molecule has 0 bridgehead atoms. The van der Waals surface area contributed by atoms with Gasteiger partial charge < -0.3 is 15.4 Å². The van der Waals surface area contributed by atoms with Crippen LogP contribution in [0, 0.1) is 0 Å². The molecule has 5 heteroatoms. The fourth-order valence-corrected chi connectivity index (χ4v) is 1.92. The lowest BCUT2D eigenvalue weighted by Crippen LogP contribution is -2.27. The van der Waals surface area contributed by atoms with Crippen molar-refractivity contribution in [1.82, 2.24) is 10.6 Å². The van der Waals surface area contributed by atoms with Gasteiger partial charge >= 0.3 is 0 Å². The minimum absolute atomic E-state index is 0.0859. The maximum atomic E-state index is 11.9. The van der Waals surface area contributed by atoms with E-state index in [1.54, 1.807) is 13.2 Å². The molecule has 0 aliphatic rings. The number of nitrogens with one attached hydrogen (secondary N) is 2. The van der Waals surface area contributed by atoms with Crippen LogP contribution in [0.1, 0.15) is 23.7 Å². The number of carbonyl (C=O) groups is 1. The van der Waals surface area contributed by atoms with Crippen LogP contribution in [0.3, 0.4) is 0 Å². The molecule has 0 fully saturated rings. The Morgan fingerprint density at radius 3 is 2.83 bits per heavy atom. The number of methoxy groups -OCH3 is 1. The molecule has 0 saturated heterocycles. The number of amides is 1. The topological polar surface area (TPSA) is 50.4 Å². The highest BCUT2D eigenvalue weighted by atomic mass is 79.9. The summed E-state index contributed by atoms with van der Waals surface area (Å²) >= 11 is 3.37. The van der Waals surface area contributed by atoms with Gasteiger partial charge in [0.2, 0.25) is 0 Å². The van der Waals surface area contributed by atoms with Crippen molar-refractivity contribution in [3.05, 3.63) is 28.2 Å². The SMILES string of the molecule is CCNCCCNC(=O)c1cc(OC)ccc1Br. The summed E-state index contributed by atoms with van der Waals surface area (Å²) in [7, 11) is 1.58. The van der Waals surface area contributed by atoms with Gasteiger partial charge in [-0.05, 0) is 53.6 Å². The average Bonchev–Trinajstić information content (AvgIpc) is 2.39. The number of ether oxygens (including phenoxy) is 1. The van der Waals surface area contributed by atoms with Gasteiger partial charge in [-0.3, -0.25) is 4.79 Å². The summed E-state index contributed by atoms with van der Waals surface area (Å²) in [5.74, 6) is 0.591. The van der Waals surface area contributed by atoms with Crippen LogP contribution in [0.4, 0.5) is 0 Å². The number of rotatable bonds is 7. The standard InChI is InChI=1S/C13H19BrN2O2/c1-3-15-7-4-8-16-13(17)11-9-10(18-2)5-6-12(11)14/h5-6,9,15H,3-4,7-8H2,1-2H3,(H,16,17). The summed E-state index contributed by atoms with van der Waals surface area (Å²) in [5, 5.41) is 6.10. The molecule has 100 valence electrons. The van der Waals surface area contributed by atoms with Gasteiger partial charge in [0.1, 0.15) is 5.75 Å². The van der Waals surface area contributed by atoms with E-state index in [2.05, 4.69) is 33.5 Å². The summed E-state index contributed by atoms with van der Waals surface area (Å²) in [4.78, 5) is 11.9. The Bertz CT molecular complexity index is 397. The van der Waals surface area contributed by atoms with E-state index in [4.69, 9.17) is 4.74 Å². The lowest BCUT2D eigenvalue weighted by molar-refractivity contribution is 0.0952. The van der Waals surface area contributed by atoms with Crippen molar-refractivity contribution in [1.29, 1.82) is 0 Å². The van der Waals surface area contributed by atoms with Gasteiger partial charge in [-0.25, -0.2) is 0 Å². The van der Waals surface area contributed by atoms with Crippen LogP contribution in [0.25, 0.3) is 0 Å². The third-order valence-corrected chi connectivity index (χ3v) is 3.18. The third kappa shape index (κ3) is 4.66. The first-order chi connectivity index (χ1) is 8.69. The minimum Gasteiger partial charge on any atom is -0.497 e. The molecule has 0 atom stereocenters. The van der Waals surface area contributed by atoms with E-state index >= 15 is 0 Å². The molecule has 0 aliphatic carbocycles. The van der Waals surface area contributed by atoms with E-state index in [0.29, 0.717) is 17.9 Å². The van der Waals surface area contributed by atoms with Gasteiger partial charge in [0.05, 0.1) is 12.7 Å². The number of halogens is 1. The van der Waals surface area contributed by atoms with Crippen LogP contribution in [0.2, 0.25) is 0 Å². The normalized spacial score (nSPS) is 10.2. The molecule has 1 aromatic carbocycles. The first-order valence-electron chi connectivity index (χ1n) is 6.01. The van der Waals surface area contributed by atoms with Gasteiger partial charge in [0, 0.05) is 11.0 Å². The van der Waals surface area contributed by atoms with Crippen LogP contribution in [-0.4, -0.2) is 32.7 Å². The Morgan fingerprint density at radius 1 is 1.39 bits per heavy atom. The second-order valence-corrected chi connectivity index (χ2v) is 4.66. The molecular formula is C13H19BrN2O2. The fraction of sp³-hybridized carbons (Fsp3) is 0.462. The lowest BCUT2D eigenvalue weighted by Gasteiger charge is -2.08. The second-order valence-electron chi connectivity index (χ2n) is 3.81. The number of carbonyl (C=O) groups excluding carboxylic acids is 1. The summed E-state index contributed by atoms with van der Waals surface area (Å²) < 4.78 is 5.88. The quantitative estimate of drug-likeness (QED) is 0.758. The highest BCUT2D eigenvalue weighted by molar-refractivity contribution is 9.10. The van der Waals surface area contributed by atoms with Crippen molar-refractivity contribution >= 4 is 21.8 Å². The molecule has 1 aromatic rings. The van der Waals surface area contributed by atoms with Crippen molar-refractivity contribution in [2.45, 2.75) is 13.3 Å². The van der Waals surface area contributed by atoms with E-state index in [9.17, 15) is 4.79 Å². The summed E-state index contributed by atoms with van der Waals surface area (Å²) in [6, 6.07) is 5.35. The summed E-state index contributed by atoms with van der Waals surface area (Å²) in [6.45, 7) is 4.59. The van der Waals surface area contributed by atoms with E-state index in [1.807, 2.05) is 12.1 Å². The van der Waals surface area contributed by atoms with E-state index < -0.39 is 0 Å². The molecule has 1 rings (SSSR count). The lowest BCUT2D eigenvalue weighted by atomic mass is 10.2. The molecule has 0 unspecified atom stereocenters. The molecule has 4 nitrogen and oxygen atoms in total. The average molecular weight is 315 g/mol. The number of hydrogen-bond acceptors (Lipinski definition) is 3. The molecular weight excluding hydrogens is 296 g/mol. The van der Waals surface area contributed by atoms with Crippen molar-refractivity contribution in [2.24, 2.45) is 0 Å². The molecule has 0 saturated carbocycles. The van der Waals surface area contributed by atoms with E-state index in [1.165, 1.54) is 0 Å². The Hall–Kier alpha value is -1.07. The van der Waals surface area contributed by atoms with Crippen LogP contribution < -0.4 is 15.4 Å². The molecule has 0 aromatic heterocycles. The highest BCUT2D eigenvalue weighted by Gasteiger charge is 2.10. The first kappa shape index (κ1) is 15.0. The van der Waals surface area contributed by atoms with Gasteiger partial charge in [-0.15, -0.1) is 0 Å². The highest BCUT2D eigenvalue weighted by Crippen LogP contribution is 2.22. The maximum Gasteiger partial charge on any atom is 0.252 e. The Kier molecular flexibility index (Phi) is 6.75. The first-order valence-corrected chi connectivity index (χ1v) is 6.80. The zero-order chi connectivity index (χ0) is 13.4. The van der Waals surface area contributed by atoms with E-state index in [-0.39, 0.29) is 5.91 Å². The molecule has 1 amide bonds. The smallest absolute Gasteiger partial charge is 0.252 e. The van der Waals surface area contributed by atoms with Crippen LogP contribution in [-0.2, 0) is 0 Å². The second kappa shape index (κ2) is 8.11. The molecule has 18 heavy (non-hydrogen) atoms. The Balaban J connectivity index is 2.50. The van der Waals surface area contributed by atoms with Crippen molar-refractivity contribution in [3.63, 3.8) is 0 Å². The van der Waals surface area contributed by atoms with Gasteiger partial charge in [-0.2, -0.15) is 0 Å². The summed E-state index contributed by atoms with van der Waals surface area (Å²) in [5.41, 5.74) is 0.595. The van der Waals surface area contributed by atoms with Crippen LogP contribution in [0.5, 0.6) is 5.75 Å². The Morgan fingerprint density at radius 2 is 2.17 bits per heavy atom. The molecule has 0 radical (unpaired) electrons. The van der Waals surface area contributed by atoms with Crippen molar-refractivity contribution < 1.29 is 9.53 Å². The maximum absolute atomic E-state index is 11.9. The molecule has 2 N–H and O–H groups in total. The zero-order valence-electron chi connectivity index (χ0n) is 10.8. The number of benzene rings is 1. The molecule has 0 heterocycles. The van der Waals surface area contributed by atoms with Crippen LogP contribution >= 0.6 is 15.9 Å². The zero-order valence-corrected chi connectivity index (χ0v) is 12.3. The van der Waals surface area contributed by atoms with E-state index in [0.717, 1.165) is 24.0 Å². The molecule has 0 aliphatic heterocycles.